The van der Waals surface area contributed by atoms with Crippen LogP contribution < -0.4 is 5.32 Å². The van der Waals surface area contributed by atoms with Crippen molar-refractivity contribution in [3.8, 4) is 0 Å². The minimum absolute atomic E-state index is 0.0515. The number of hydrogen-bond acceptors (Lipinski definition) is 5. The van der Waals surface area contributed by atoms with E-state index in [1.54, 1.807) is 35.2 Å². The Morgan fingerprint density at radius 1 is 1.11 bits per heavy atom. The van der Waals surface area contributed by atoms with E-state index in [1.165, 1.54) is 17.4 Å². The van der Waals surface area contributed by atoms with Gasteiger partial charge in [0.2, 0.25) is 5.91 Å². The SMILES string of the molecule is O=C(/C=C/c1nc2ccccc2s1)Nc1cccc(C(=O)N2CCOCC2)c1. The molecule has 1 aliphatic heterocycles. The zero-order valence-electron chi connectivity index (χ0n) is 15.1. The van der Waals surface area contributed by atoms with Crippen LogP contribution in [0.15, 0.2) is 54.6 Å². The molecule has 28 heavy (non-hydrogen) atoms. The summed E-state index contributed by atoms with van der Waals surface area (Å²) in [7, 11) is 0. The number of anilines is 1. The first-order valence-corrected chi connectivity index (χ1v) is 9.82. The van der Waals surface area contributed by atoms with E-state index in [0.29, 0.717) is 37.6 Å². The number of benzene rings is 2. The number of nitrogens with zero attached hydrogens (tertiary/aromatic N) is 2. The molecule has 2 aromatic carbocycles. The van der Waals surface area contributed by atoms with Crippen molar-refractivity contribution in [3.05, 3.63) is 65.2 Å². The van der Waals surface area contributed by atoms with E-state index in [4.69, 9.17) is 4.74 Å². The van der Waals surface area contributed by atoms with Gasteiger partial charge in [0.25, 0.3) is 5.91 Å². The monoisotopic (exact) mass is 393 g/mol. The summed E-state index contributed by atoms with van der Waals surface area (Å²) in [5.41, 5.74) is 2.05. The van der Waals surface area contributed by atoms with Gasteiger partial charge >= 0.3 is 0 Å². The van der Waals surface area contributed by atoms with Crippen molar-refractivity contribution in [3.63, 3.8) is 0 Å². The predicted octanol–water partition coefficient (Wildman–Crippen LogP) is 3.42. The third-order valence-corrected chi connectivity index (χ3v) is 5.36. The second-order valence-electron chi connectivity index (χ2n) is 6.33. The van der Waals surface area contributed by atoms with Crippen molar-refractivity contribution < 1.29 is 14.3 Å². The smallest absolute Gasteiger partial charge is 0.254 e. The molecule has 0 aliphatic carbocycles. The molecule has 142 valence electrons. The summed E-state index contributed by atoms with van der Waals surface area (Å²) in [5.74, 6) is -0.320. The topological polar surface area (TPSA) is 71.5 Å². The molecule has 1 fully saturated rings. The maximum Gasteiger partial charge on any atom is 0.254 e. The van der Waals surface area contributed by atoms with Crippen LogP contribution in [0.5, 0.6) is 0 Å². The lowest BCUT2D eigenvalue weighted by molar-refractivity contribution is -0.111. The molecule has 0 unspecified atom stereocenters. The number of nitrogens with one attached hydrogen (secondary N) is 1. The highest BCUT2D eigenvalue weighted by Crippen LogP contribution is 2.22. The molecule has 6 nitrogen and oxygen atoms in total. The number of morpholine rings is 1. The number of ether oxygens (including phenoxy) is 1. The summed E-state index contributed by atoms with van der Waals surface area (Å²) >= 11 is 1.53. The molecule has 4 rings (SSSR count). The minimum Gasteiger partial charge on any atom is -0.378 e. The Hall–Kier alpha value is -3.03. The average molecular weight is 393 g/mol. The van der Waals surface area contributed by atoms with E-state index in [1.807, 2.05) is 24.3 Å². The van der Waals surface area contributed by atoms with Crippen LogP contribution >= 0.6 is 11.3 Å². The third kappa shape index (κ3) is 4.27. The van der Waals surface area contributed by atoms with Crippen LogP contribution in [0.1, 0.15) is 15.4 Å². The lowest BCUT2D eigenvalue weighted by Gasteiger charge is -2.27. The van der Waals surface area contributed by atoms with E-state index in [2.05, 4.69) is 10.3 Å². The molecule has 0 bridgehead atoms. The zero-order chi connectivity index (χ0) is 19.3. The highest BCUT2D eigenvalue weighted by molar-refractivity contribution is 7.19. The van der Waals surface area contributed by atoms with Crippen LogP contribution in [0.25, 0.3) is 16.3 Å². The van der Waals surface area contributed by atoms with Crippen LogP contribution in [0, 0.1) is 0 Å². The third-order valence-electron chi connectivity index (χ3n) is 4.36. The number of fused-ring (bicyclic) bond motifs is 1. The first-order valence-electron chi connectivity index (χ1n) is 9.01. The number of para-hydroxylation sites is 1. The number of carbonyl (C=O) groups is 2. The van der Waals surface area contributed by atoms with E-state index in [9.17, 15) is 9.59 Å². The molecule has 1 aliphatic rings. The molecule has 3 aromatic rings. The standard InChI is InChI=1S/C21H19N3O3S/c25-19(8-9-20-23-17-6-1-2-7-18(17)28-20)22-16-5-3-4-15(14-16)21(26)24-10-12-27-13-11-24/h1-9,14H,10-13H2,(H,22,25)/b9-8+. The Balaban J connectivity index is 1.42. The summed E-state index contributed by atoms with van der Waals surface area (Å²) in [6, 6.07) is 14.8. The van der Waals surface area contributed by atoms with Gasteiger partial charge in [0.05, 0.1) is 23.4 Å². The number of amides is 2. The molecule has 0 atom stereocenters. The summed E-state index contributed by atoms with van der Waals surface area (Å²) in [4.78, 5) is 31.1. The molecule has 1 N–H and O–H groups in total. The highest BCUT2D eigenvalue weighted by atomic mass is 32.1. The number of aromatic nitrogens is 1. The Bertz CT molecular complexity index is 1010. The second kappa shape index (κ2) is 8.33. The molecule has 0 radical (unpaired) electrons. The second-order valence-corrected chi connectivity index (χ2v) is 7.39. The molecule has 2 heterocycles. The first kappa shape index (κ1) is 18.3. The zero-order valence-corrected chi connectivity index (χ0v) is 15.9. The highest BCUT2D eigenvalue weighted by Gasteiger charge is 2.18. The van der Waals surface area contributed by atoms with Gasteiger partial charge in [-0.05, 0) is 36.4 Å². The predicted molar refractivity (Wildman–Crippen MR) is 110 cm³/mol. The fourth-order valence-corrected chi connectivity index (χ4v) is 3.84. The molecular weight excluding hydrogens is 374 g/mol. The van der Waals surface area contributed by atoms with Gasteiger partial charge in [-0.25, -0.2) is 4.98 Å². The van der Waals surface area contributed by atoms with E-state index < -0.39 is 0 Å². The van der Waals surface area contributed by atoms with E-state index >= 15 is 0 Å². The number of rotatable bonds is 4. The largest absolute Gasteiger partial charge is 0.378 e. The van der Waals surface area contributed by atoms with Gasteiger partial charge in [-0.2, -0.15) is 0 Å². The van der Waals surface area contributed by atoms with Gasteiger partial charge in [-0.1, -0.05) is 18.2 Å². The number of hydrogen-bond donors (Lipinski definition) is 1. The van der Waals surface area contributed by atoms with Crippen molar-refractivity contribution in [2.45, 2.75) is 0 Å². The molecule has 0 spiro atoms. The quantitative estimate of drug-likeness (QED) is 0.690. The Morgan fingerprint density at radius 3 is 2.75 bits per heavy atom. The van der Waals surface area contributed by atoms with Crippen molar-refractivity contribution in [1.29, 1.82) is 0 Å². The number of carbonyl (C=O) groups excluding carboxylic acids is 2. The average Bonchev–Trinajstić information content (AvgIpc) is 3.16. The maximum absolute atomic E-state index is 12.6. The Kier molecular flexibility index (Phi) is 5.45. The minimum atomic E-state index is -0.268. The van der Waals surface area contributed by atoms with E-state index in [-0.39, 0.29) is 11.8 Å². The van der Waals surface area contributed by atoms with Crippen LogP contribution in [0.4, 0.5) is 5.69 Å². The first-order chi connectivity index (χ1) is 13.7. The lowest BCUT2D eigenvalue weighted by atomic mass is 10.1. The molecule has 1 saturated heterocycles. The van der Waals surface area contributed by atoms with Gasteiger partial charge < -0.3 is 15.0 Å². The van der Waals surface area contributed by atoms with Gasteiger partial charge in [-0.3, -0.25) is 9.59 Å². The van der Waals surface area contributed by atoms with Gasteiger partial charge in [0, 0.05) is 30.4 Å². The molecule has 2 amide bonds. The molecular formula is C21H19N3O3S. The van der Waals surface area contributed by atoms with Crippen LogP contribution in [-0.4, -0.2) is 48.0 Å². The van der Waals surface area contributed by atoms with Gasteiger partial charge in [0.1, 0.15) is 5.01 Å². The number of thiazole rings is 1. The summed E-state index contributed by atoms with van der Waals surface area (Å²) in [5, 5.41) is 3.57. The Morgan fingerprint density at radius 2 is 1.93 bits per heavy atom. The fraction of sp³-hybridized carbons (Fsp3) is 0.190. The van der Waals surface area contributed by atoms with Crippen molar-refractivity contribution in [2.75, 3.05) is 31.6 Å². The van der Waals surface area contributed by atoms with Crippen molar-refractivity contribution in [1.82, 2.24) is 9.88 Å². The van der Waals surface area contributed by atoms with Crippen LogP contribution in [0.2, 0.25) is 0 Å². The maximum atomic E-state index is 12.6. The lowest BCUT2D eigenvalue weighted by Crippen LogP contribution is -2.40. The van der Waals surface area contributed by atoms with Gasteiger partial charge in [0.15, 0.2) is 0 Å². The summed E-state index contributed by atoms with van der Waals surface area (Å²) in [6.45, 7) is 2.28. The van der Waals surface area contributed by atoms with Crippen molar-refractivity contribution >= 4 is 45.1 Å². The normalized spacial score (nSPS) is 14.5. The molecule has 1 aromatic heterocycles. The van der Waals surface area contributed by atoms with Crippen molar-refractivity contribution in [2.24, 2.45) is 0 Å². The van der Waals surface area contributed by atoms with E-state index in [0.717, 1.165) is 15.2 Å². The van der Waals surface area contributed by atoms with Crippen LogP contribution in [-0.2, 0) is 9.53 Å². The Labute approximate surface area is 166 Å². The van der Waals surface area contributed by atoms with Crippen LogP contribution in [0.3, 0.4) is 0 Å². The fourth-order valence-electron chi connectivity index (χ4n) is 2.97. The summed E-state index contributed by atoms with van der Waals surface area (Å²) in [6.07, 6.45) is 3.15. The molecule has 7 heteroatoms. The summed E-state index contributed by atoms with van der Waals surface area (Å²) < 4.78 is 6.36. The molecule has 0 saturated carbocycles. The van der Waals surface area contributed by atoms with Gasteiger partial charge in [-0.15, -0.1) is 11.3 Å².